The summed E-state index contributed by atoms with van der Waals surface area (Å²) in [6, 6.07) is 10.5. The van der Waals surface area contributed by atoms with E-state index in [4.69, 9.17) is 0 Å². The number of pyridine rings is 1. The van der Waals surface area contributed by atoms with Gasteiger partial charge in [0.2, 0.25) is 0 Å². The van der Waals surface area contributed by atoms with Gasteiger partial charge in [0.05, 0.1) is 11.9 Å². The van der Waals surface area contributed by atoms with E-state index in [1.54, 1.807) is 0 Å². The Morgan fingerprint density at radius 3 is 2.11 bits per heavy atom. The Hall–Kier alpha value is -2.03. The number of aromatic nitrogens is 1. The van der Waals surface area contributed by atoms with Gasteiger partial charge >= 0.3 is 0 Å². The number of anilines is 3. The molecule has 3 nitrogen and oxygen atoms in total. The topological polar surface area (TPSA) is 28.2 Å². The first-order valence-corrected chi connectivity index (χ1v) is 6.03. The van der Waals surface area contributed by atoms with E-state index in [0.717, 1.165) is 17.2 Å². The lowest BCUT2D eigenvalue weighted by molar-refractivity contribution is 1.07. The predicted octanol–water partition coefficient (Wildman–Crippen LogP) is 3.51. The number of aryl methyl sites for hydroxylation is 2. The lowest BCUT2D eigenvalue weighted by Gasteiger charge is -2.12. The van der Waals surface area contributed by atoms with Crippen molar-refractivity contribution in [2.45, 2.75) is 13.8 Å². The van der Waals surface area contributed by atoms with Crippen LogP contribution in [0, 0.1) is 13.8 Å². The van der Waals surface area contributed by atoms with Gasteiger partial charge in [-0.25, -0.2) is 4.98 Å². The third-order valence-electron chi connectivity index (χ3n) is 2.72. The highest BCUT2D eigenvalue weighted by molar-refractivity contribution is 5.61. The van der Waals surface area contributed by atoms with E-state index in [1.165, 1.54) is 11.1 Å². The first kappa shape index (κ1) is 12.4. The summed E-state index contributed by atoms with van der Waals surface area (Å²) in [7, 11) is 3.97. The molecule has 1 heterocycles. The van der Waals surface area contributed by atoms with Crippen molar-refractivity contribution >= 4 is 17.2 Å². The smallest absolute Gasteiger partial charge is 0.128 e. The van der Waals surface area contributed by atoms with Crippen LogP contribution in [0.15, 0.2) is 36.5 Å². The van der Waals surface area contributed by atoms with Crippen LogP contribution >= 0.6 is 0 Å². The summed E-state index contributed by atoms with van der Waals surface area (Å²) in [4.78, 5) is 6.37. The molecule has 0 bridgehead atoms. The Morgan fingerprint density at radius 1 is 0.944 bits per heavy atom. The van der Waals surface area contributed by atoms with Gasteiger partial charge in [-0.15, -0.1) is 0 Å². The third-order valence-corrected chi connectivity index (χ3v) is 2.72. The molecule has 1 aromatic heterocycles. The highest BCUT2D eigenvalue weighted by atomic mass is 15.1. The molecule has 1 aromatic carbocycles. The van der Waals surface area contributed by atoms with Crippen molar-refractivity contribution in [3.63, 3.8) is 0 Å². The second kappa shape index (κ2) is 5.08. The molecule has 0 saturated heterocycles. The van der Waals surface area contributed by atoms with Gasteiger partial charge < -0.3 is 10.2 Å². The first-order chi connectivity index (χ1) is 8.54. The molecule has 0 amide bonds. The molecule has 2 rings (SSSR count). The molecule has 0 unspecified atom stereocenters. The monoisotopic (exact) mass is 241 g/mol. The van der Waals surface area contributed by atoms with Gasteiger partial charge in [0.1, 0.15) is 5.82 Å². The molecule has 0 radical (unpaired) electrons. The lowest BCUT2D eigenvalue weighted by Crippen LogP contribution is -2.10. The molecule has 18 heavy (non-hydrogen) atoms. The average Bonchev–Trinajstić information content (AvgIpc) is 2.28. The van der Waals surface area contributed by atoms with E-state index >= 15 is 0 Å². The van der Waals surface area contributed by atoms with E-state index in [2.05, 4.69) is 42.3 Å². The van der Waals surface area contributed by atoms with Gasteiger partial charge in [0.15, 0.2) is 0 Å². The fraction of sp³-hybridized carbons (Fsp3) is 0.267. The number of hydrogen-bond donors (Lipinski definition) is 1. The SMILES string of the molecule is Cc1cc(C)cc(Nc2ccc(N(C)C)nc2)c1. The van der Waals surface area contributed by atoms with E-state index in [1.807, 2.05) is 37.3 Å². The molecule has 94 valence electrons. The van der Waals surface area contributed by atoms with Crippen LogP contribution in [0.3, 0.4) is 0 Å². The lowest BCUT2D eigenvalue weighted by atomic mass is 10.1. The zero-order chi connectivity index (χ0) is 13.1. The second-order valence-electron chi connectivity index (χ2n) is 4.80. The summed E-state index contributed by atoms with van der Waals surface area (Å²) in [5.74, 6) is 0.959. The van der Waals surface area contributed by atoms with E-state index in [-0.39, 0.29) is 0 Å². The summed E-state index contributed by atoms with van der Waals surface area (Å²) in [5, 5.41) is 3.37. The van der Waals surface area contributed by atoms with Gasteiger partial charge in [-0.1, -0.05) is 6.07 Å². The Bertz CT molecular complexity index is 510. The summed E-state index contributed by atoms with van der Waals surface area (Å²) in [6.45, 7) is 4.21. The number of benzene rings is 1. The fourth-order valence-electron chi connectivity index (χ4n) is 1.94. The summed E-state index contributed by atoms with van der Waals surface area (Å²) in [5.41, 5.74) is 4.63. The molecule has 0 aliphatic rings. The van der Waals surface area contributed by atoms with Crippen LogP contribution in [-0.2, 0) is 0 Å². The fourth-order valence-corrected chi connectivity index (χ4v) is 1.94. The molecule has 0 fully saturated rings. The molecule has 0 aliphatic carbocycles. The molecule has 0 aliphatic heterocycles. The Balaban J connectivity index is 2.18. The quantitative estimate of drug-likeness (QED) is 0.891. The number of rotatable bonds is 3. The molecular formula is C15H19N3. The van der Waals surface area contributed by atoms with Crippen molar-refractivity contribution < 1.29 is 0 Å². The Labute approximate surface area is 108 Å². The maximum absolute atomic E-state index is 4.38. The number of hydrogen-bond acceptors (Lipinski definition) is 3. The average molecular weight is 241 g/mol. The Morgan fingerprint density at radius 2 is 1.61 bits per heavy atom. The highest BCUT2D eigenvalue weighted by Gasteiger charge is 1.99. The van der Waals surface area contributed by atoms with Crippen LogP contribution in [0.4, 0.5) is 17.2 Å². The maximum Gasteiger partial charge on any atom is 0.128 e. The Kier molecular flexibility index (Phi) is 3.51. The number of nitrogens with one attached hydrogen (secondary N) is 1. The van der Waals surface area contributed by atoms with Gasteiger partial charge in [0, 0.05) is 19.8 Å². The molecule has 3 heteroatoms. The molecular weight excluding hydrogens is 222 g/mol. The summed E-state index contributed by atoms with van der Waals surface area (Å²) < 4.78 is 0. The normalized spacial score (nSPS) is 10.2. The van der Waals surface area contributed by atoms with E-state index < -0.39 is 0 Å². The molecule has 0 saturated carbocycles. The summed E-state index contributed by atoms with van der Waals surface area (Å²) >= 11 is 0. The molecule has 1 N–H and O–H groups in total. The van der Waals surface area contributed by atoms with Crippen molar-refractivity contribution in [1.29, 1.82) is 0 Å². The minimum absolute atomic E-state index is 0.959. The first-order valence-electron chi connectivity index (χ1n) is 6.03. The third kappa shape index (κ3) is 3.00. The molecule has 2 aromatic rings. The van der Waals surface area contributed by atoms with Crippen LogP contribution in [0.5, 0.6) is 0 Å². The van der Waals surface area contributed by atoms with Crippen molar-refractivity contribution in [2.24, 2.45) is 0 Å². The van der Waals surface area contributed by atoms with Crippen LogP contribution < -0.4 is 10.2 Å². The minimum Gasteiger partial charge on any atom is -0.363 e. The van der Waals surface area contributed by atoms with Crippen LogP contribution in [0.1, 0.15) is 11.1 Å². The zero-order valence-corrected chi connectivity index (χ0v) is 11.4. The van der Waals surface area contributed by atoms with Crippen molar-refractivity contribution in [3.05, 3.63) is 47.7 Å². The number of nitrogens with zero attached hydrogens (tertiary/aromatic N) is 2. The van der Waals surface area contributed by atoms with Crippen molar-refractivity contribution in [1.82, 2.24) is 4.98 Å². The molecule has 0 spiro atoms. The van der Waals surface area contributed by atoms with Gasteiger partial charge in [-0.05, 0) is 49.2 Å². The van der Waals surface area contributed by atoms with Crippen LogP contribution in [0.2, 0.25) is 0 Å². The van der Waals surface area contributed by atoms with Crippen molar-refractivity contribution in [3.8, 4) is 0 Å². The van der Waals surface area contributed by atoms with E-state index in [0.29, 0.717) is 0 Å². The minimum atomic E-state index is 0.959. The molecule has 0 atom stereocenters. The van der Waals surface area contributed by atoms with E-state index in [9.17, 15) is 0 Å². The standard InChI is InChI=1S/C15H19N3/c1-11-7-12(2)9-14(8-11)17-13-5-6-15(16-10-13)18(3)4/h5-10,17H,1-4H3. The second-order valence-corrected chi connectivity index (χ2v) is 4.80. The van der Waals surface area contributed by atoms with Gasteiger partial charge in [-0.3, -0.25) is 0 Å². The van der Waals surface area contributed by atoms with Gasteiger partial charge in [-0.2, -0.15) is 0 Å². The van der Waals surface area contributed by atoms with Crippen molar-refractivity contribution in [2.75, 3.05) is 24.3 Å². The zero-order valence-electron chi connectivity index (χ0n) is 11.4. The van der Waals surface area contributed by atoms with Crippen LogP contribution in [0.25, 0.3) is 0 Å². The summed E-state index contributed by atoms with van der Waals surface area (Å²) in [6.07, 6.45) is 1.85. The largest absolute Gasteiger partial charge is 0.363 e. The highest BCUT2D eigenvalue weighted by Crippen LogP contribution is 2.20. The maximum atomic E-state index is 4.38. The van der Waals surface area contributed by atoms with Crippen LogP contribution in [-0.4, -0.2) is 19.1 Å². The predicted molar refractivity (Wildman–Crippen MR) is 77.8 cm³/mol. The van der Waals surface area contributed by atoms with Gasteiger partial charge in [0.25, 0.3) is 0 Å².